The van der Waals surface area contributed by atoms with Gasteiger partial charge in [-0.3, -0.25) is 19.3 Å². The number of carbonyl (C=O) groups is 4. The number of hydrogen-bond donors (Lipinski definition) is 1. The number of nitrogens with zero attached hydrogens (tertiary/aromatic N) is 1. The zero-order chi connectivity index (χ0) is 19.6. The highest BCUT2D eigenvalue weighted by molar-refractivity contribution is 6.22. The Morgan fingerprint density at radius 1 is 1.15 bits per heavy atom. The number of esters is 1. The minimum atomic E-state index is -1.10. The molecule has 0 unspecified atom stereocenters. The van der Waals surface area contributed by atoms with E-state index in [-0.39, 0.29) is 23.1 Å². The van der Waals surface area contributed by atoms with E-state index in [0.717, 1.165) is 24.2 Å². The van der Waals surface area contributed by atoms with E-state index >= 15 is 0 Å². The van der Waals surface area contributed by atoms with Crippen LogP contribution >= 0.6 is 0 Å². The largest absolute Gasteiger partial charge is 0.454 e. The number of benzene rings is 1. The smallest absolute Gasteiger partial charge is 0.329 e. The van der Waals surface area contributed by atoms with Crippen LogP contribution in [0, 0.1) is 5.92 Å². The molecular formula is C20H24N2O5. The highest BCUT2D eigenvalue weighted by Crippen LogP contribution is 2.25. The predicted molar refractivity (Wildman–Crippen MR) is 96.9 cm³/mol. The third-order valence-electron chi connectivity index (χ3n) is 5.36. The van der Waals surface area contributed by atoms with Crippen LogP contribution in [0.5, 0.6) is 0 Å². The molecule has 0 bridgehead atoms. The van der Waals surface area contributed by atoms with E-state index in [1.807, 2.05) is 0 Å². The monoisotopic (exact) mass is 372 g/mol. The maximum atomic E-state index is 12.4. The van der Waals surface area contributed by atoms with Crippen LogP contribution in [0.3, 0.4) is 0 Å². The molecule has 1 aromatic carbocycles. The Labute approximate surface area is 158 Å². The minimum Gasteiger partial charge on any atom is -0.454 e. The van der Waals surface area contributed by atoms with Gasteiger partial charge in [0.2, 0.25) is 0 Å². The van der Waals surface area contributed by atoms with Crippen LogP contribution in [0.15, 0.2) is 24.3 Å². The van der Waals surface area contributed by atoms with Crippen molar-refractivity contribution in [3.05, 3.63) is 35.4 Å². The number of rotatable bonds is 5. The number of ether oxygens (including phenoxy) is 1. The lowest BCUT2D eigenvalue weighted by Gasteiger charge is -2.29. The number of imide groups is 1. The molecule has 0 spiro atoms. The third-order valence-corrected chi connectivity index (χ3v) is 5.36. The predicted octanol–water partition coefficient (Wildman–Crippen LogP) is 1.91. The SMILES string of the molecule is C[C@H](C(=O)OCC(=O)N[C@H]1CCCC[C@@H]1C)N1C(=O)c2ccccc2C1=O. The van der Waals surface area contributed by atoms with Crippen LogP contribution in [-0.4, -0.2) is 47.3 Å². The first-order valence-corrected chi connectivity index (χ1v) is 9.33. The van der Waals surface area contributed by atoms with E-state index in [2.05, 4.69) is 12.2 Å². The first-order valence-electron chi connectivity index (χ1n) is 9.33. The molecule has 27 heavy (non-hydrogen) atoms. The van der Waals surface area contributed by atoms with Crippen molar-refractivity contribution in [1.82, 2.24) is 10.2 Å². The molecule has 0 radical (unpaired) electrons. The fourth-order valence-corrected chi connectivity index (χ4v) is 3.70. The molecular weight excluding hydrogens is 348 g/mol. The summed E-state index contributed by atoms with van der Waals surface area (Å²) in [6.07, 6.45) is 4.24. The summed E-state index contributed by atoms with van der Waals surface area (Å²) in [4.78, 5) is 50.1. The highest BCUT2D eigenvalue weighted by atomic mass is 16.5. The first-order chi connectivity index (χ1) is 12.9. The molecule has 1 N–H and O–H groups in total. The van der Waals surface area contributed by atoms with Crippen molar-refractivity contribution in [2.75, 3.05) is 6.61 Å². The summed E-state index contributed by atoms with van der Waals surface area (Å²) < 4.78 is 5.05. The van der Waals surface area contributed by atoms with Gasteiger partial charge in [-0.05, 0) is 37.8 Å². The Morgan fingerprint density at radius 3 is 2.33 bits per heavy atom. The third kappa shape index (κ3) is 3.86. The first kappa shape index (κ1) is 19.1. The van der Waals surface area contributed by atoms with Gasteiger partial charge in [-0.15, -0.1) is 0 Å². The average molecular weight is 372 g/mol. The molecule has 144 valence electrons. The van der Waals surface area contributed by atoms with Crippen LogP contribution in [0.1, 0.15) is 60.2 Å². The molecule has 3 atom stereocenters. The Hall–Kier alpha value is -2.70. The summed E-state index contributed by atoms with van der Waals surface area (Å²) in [5, 5.41) is 2.90. The second kappa shape index (κ2) is 7.90. The van der Waals surface area contributed by atoms with Gasteiger partial charge < -0.3 is 10.1 Å². The van der Waals surface area contributed by atoms with Gasteiger partial charge >= 0.3 is 5.97 Å². The van der Waals surface area contributed by atoms with Gasteiger partial charge in [-0.1, -0.05) is 31.9 Å². The highest BCUT2D eigenvalue weighted by Gasteiger charge is 2.41. The number of fused-ring (bicyclic) bond motifs is 1. The molecule has 7 nitrogen and oxygen atoms in total. The molecule has 3 rings (SSSR count). The molecule has 1 heterocycles. The molecule has 1 aromatic rings. The number of hydrogen-bond acceptors (Lipinski definition) is 5. The summed E-state index contributed by atoms with van der Waals surface area (Å²) in [6.45, 7) is 3.10. The Kier molecular flexibility index (Phi) is 5.58. The van der Waals surface area contributed by atoms with Gasteiger partial charge in [0.15, 0.2) is 6.61 Å². The Bertz CT molecular complexity index is 740. The van der Waals surface area contributed by atoms with Crippen molar-refractivity contribution in [2.24, 2.45) is 5.92 Å². The van der Waals surface area contributed by atoms with Gasteiger partial charge in [0.05, 0.1) is 11.1 Å². The summed E-state index contributed by atoms with van der Waals surface area (Å²) in [6, 6.07) is 5.41. The van der Waals surface area contributed by atoms with Crippen molar-refractivity contribution in [3.8, 4) is 0 Å². The molecule has 1 saturated carbocycles. The van der Waals surface area contributed by atoms with E-state index in [1.165, 1.54) is 13.3 Å². The van der Waals surface area contributed by atoms with Crippen LogP contribution in [0.25, 0.3) is 0 Å². The number of carbonyl (C=O) groups excluding carboxylic acids is 4. The van der Waals surface area contributed by atoms with Gasteiger partial charge in [-0.25, -0.2) is 4.79 Å². The fourth-order valence-electron chi connectivity index (χ4n) is 3.70. The molecule has 1 aliphatic carbocycles. The van der Waals surface area contributed by atoms with Gasteiger partial charge in [0.25, 0.3) is 17.7 Å². The lowest BCUT2D eigenvalue weighted by molar-refractivity contribution is -0.152. The molecule has 3 amide bonds. The quantitative estimate of drug-likeness (QED) is 0.630. The van der Waals surface area contributed by atoms with Gasteiger partial charge in [0, 0.05) is 6.04 Å². The fraction of sp³-hybridized carbons (Fsp3) is 0.500. The maximum Gasteiger partial charge on any atom is 0.329 e. The van der Waals surface area contributed by atoms with Gasteiger partial charge in [0.1, 0.15) is 6.04 Å². The van der Waals surface area contributed by atoms with Crippen LogP contribution < -0.4 is 5.32 Å². The van der Waals surface area contributed by atoms with Crippen molar-refractivity contribution >= 4 is 23.7 Å². The normalized spacial score (nSPS) is 23.0. The van der Waals surface area contributed by atoms with E-state index < -0.39 is 30.4 Å². The summed E-state index contributed by atoms with van der Waals surface area (Å²) >= 11 is 0. The van der Waals surface area contributed by atoms with E-state index in [1.54, 1.807) is 24.3 Å². The van der Waals surface area contributed by atoms with E-state index in [0.29, 0.717) is 5.92 Å². The standard InChI is InChI=1S/C20H24N2O5/c1-12-7-3-6-10-16(12)21-17(23)11-27-20(26)13(2)22-18(24)14-8-4-5-9-15(14)19(22)25/h4-5,8-9,12-13,16H,3,6-7,10-11H2,1-2H3,(H,21,23)/t12-,13+,16-/m0/s1. The van der Waals surface area contributed by atoms with E-state index in [9.17, 15) is 19.2 Å². The summed E-state index contributed by atoms with van der Waals surface area (Å²) in [5.74, 6) is -1.80. The minimum absolute atomic E-state index is 0.0959. The Morgan fingerprint density at radius 2 is 1.74 bits per heavy atom. The zero-order valence-corrected chi connectivity index (χ0v) is 15.6. The number of nitrogens with one attached hydrogen (secondary N) is 1. The lowest BCUT2D eigenvalue weighted by Crippen LogP contribution is -2.46. The molecule has 1 aliphatic heterocycles. The Balaban J connectivity index is 1.55. The topological polar surface area (TPSA) is 92.8 Å². The van der Waals surface area contributed by atoms with Crippen molar-refractivity contribution in [2.45, 2.75) is 51.6 Å². The lowest BCUT2D eigenvalue weighted by atomic mass is 9.86. The average Bonchev–Trinajstić information content (AvgIpc) is 2.92. The van der Waals surface area contributed by atoms with Crippen LogP contribution in [-0.2, 0) is 14.3 Å². The van der Waals surface area contributed by atoms with Crippen molar-refractivity contribution in [1.29, 1.82) is 0 Å². The molecule has 0 aromatic heterocycles. The van der Waals surface area contributed by atoms with Crippen LogP contribution in [0.4, 0.5) is 0 Å². The molecule has 0 saturated heterocycles. The molecule has 7 heteroatoms. The second-order valence-corrected chi connectivity index (χ2v) is 7.25. The van der Waals surface area contributed by atoms with Crippen molar-refractivity contribution in [3.63, 3.8) is 0 Å². The molecule has 2 aliphatic rings. The van der Waals surface area contributed by atoms with E-state index in [4.69, 9.17) is 4.74 Å². The maximum absolute atomic E-state index is 12.4. The zero-order valence-electron chi connectivity index (χ0n) is 15.6. The van der Waals surface area contributed by atoms with Gasteiger partial charge in [-0.2, -0.15) is 0 Å². The summed E-state index contributed by atoms with van der Waals surface area (Å²) in [7, 11) is 0. The van der Waals surface area contributed by atoms with Crippen LogP contribution in [0.2, 0.25) is 0 Å². The molecule has 1 fully saturated rings. The second-order valence-electron chi connectivity index (χ2n) is 7.25. The number of amides is 3. The van der Waals surface area contributed by atoms with Crippen molar-refractivity contribution < 1.29 is 23.9 Å². The summed E-state index contributed by atoms with van der Waals surface area (Å²) in [5.41, 5.74) is 0.539.